The molecule has 0 aliphatic carbocycles. The van der Waals surface area contributed by atoms with Crippen LogP contribution in [0.25, 0.3) is 0 Å². The Hall–Kier alpha value is -2.69. The van der Waals surface area contributed by atoms with Crippen LogP contribution in [-0.2, 0) is 14.4 Å². The minimum Gasteiger partial charge on any atom is -0.324 e. The molecule has 1 aliphatic rings. The second kappa shape index (κ2) is 8.33. The van der Waals surface area contributed by atoms with Crippen LogP contribution in [0.5, 0.6) is 0 Å². The van der Waals surface area contributed by atoms with Gasteiger partial charge in [-0.2, -0.15) is 0 Å². The van der Waals surface area contributed by atoms with E-state index in [0.29, 0.717) is 0 Å². The van der Waals surface area contributed by atoms with E-state index >= 15 is 0 Å². The van der Waals surface area contributed by atoms with Crippen molar-refractivity contribution in [3.05, 3.63) is 29.8 Å². The number of carbonyl (C=O) groups is 4. The summed E-state index contributed by atoms with van der Waals surface area (Å²) in [6.07, 6.45) is -0.207. The summed E-state index contributed by atoms with van der Waals surface area (Å²) in [5.74, 6) is -3.23. The van der Waals surface area contributed by atoms with Crippen molar-refractivity contribution in [1.29, 1.82) is 0 Å². The van der Waals surface area contributed by atoms with Crippen LogP contribution in [0.2, 0.25) is 0 Å². The first kappa shape index (κ1) is 20.6. The molecule has 0 spiro atoms. The summed E-state index contributed by atoms with van der Waals surface area (Å²) in [5.41, 5.74) is 3.23. The predicted molar refractivity (Wildman–Crippen MR) is 92.3 cm³/mol. The number of benzene rings is 1. The van der Waals surface area contributed by atoms with Crippen molar-refractivity contribution in [1.82, 2.24) is 21.1 Å². The highest BCUT2D eigenvalue weighted by Crippen LogP contribution is 2.22. The second-order valence-corrected chi connectivity index (χ2v) is 7.24. The maximum Gasteiger partial charge on any atom is 0.325 e. The van der Waals surface area contributed by atoms with Crippen LogP contribution in [0, 0.1) is 11.6 Å². The average molecular weight is 400 g/mol. The maximum atomic E-state index is 13.4. The summed E-state index contributed by atoms with van der Waals surface area (Å²) >= 11 is 0.771. The lowest BCUT2D eigenvalue weighted by Crippen LogP contribution is -2.44. The molecule has 11 heteroatoms. The summed E-state index contributed by atoms with van der Waals surface area (Å²) in [6.45, 7) is 2.96. The minimum absolute atomic E-state index is 0.0300. The molecule has 146 valence electrons. The Balaban J connectivity index is 1.72. The zero-order valence-corrected chi connectivity index (χ0v) is 15.4. The van der Waals surface area contributed by atoms with Crippen LogP contribution in [0.4, 0.5) is 13.6 Å². The van der Waals surface area contributed by atoms with E-state index in [1.807, 2.05) is 0 Å². The van der Waals surface area contributed by atoms with Crippen molar-refractivity contribution in [2.75, 3.05) is 12.3 Å². The van der Waals surface area contributed by atoms with Crippen molar-refractivity contribution in [3.8, 4) is 0 Å². The first-order valence-electron chi connectivity index (χ1n) is 7.90. The van der Waals surface area contributed by atoms with Crippen molar-refractivity contribution in [3.63, 3.8) is 0 Å². The van der Waals surface area contributed by atoms with Crippen LogP contribution < -0.4 is 16.2 Å². The number of carbonyl (C=O) groups excluding carboxylic acids is 4. The van der Waals surface area contributed by atoms with Crippen LogP contribution >= 0.6 is 11.8 Å². The highest BCUT2D eigenvalue weighted by atomic mass is 32.2. The van der Waals surface area contributed by atoms with E-state index in [1.54, 1.807) is 13.8 Å². The van der Waals surface area contributed by atoms with Gasteiger partial charge in [0.1, 0.15) is 17.2 Å². The Morgan fingerprint density at radius 3 is 2.48 bits per heavy atom. The van der Waals surface area contributed by atoms with Crippen LogP contribution in [0.3, 0.4) is 0 Å². The highest BCUT2D eigenvalue weighted by molar-refractivity contribution is 8.00. The van der Waals surface area contributed by atoms with Gasteiger partial charge in [0.15, 0.2) is 0 Å². The van der Waals surface area contributed by atoms with Gasteiger partial charge in [0, 0.05) is 17.9 Å². The Morgan fingerprint density at radius 1 is 1.19 bits per heavy atom. The quantitative estimate of drug-likeness (QED) is 0.374. The number of urea groups is 1. The molecule has 1 aromatic rings. The molecule has 1 aliphatic heterocycles. The fourth-order valence-electron chi connectivity index (χ4n) is 2.20. The smallest absolute Gasteiger partial charge is 0.324 e. The Bertz CT molecular complexity index is 788. The number of rotatable bonds is 6. The topological polar surface area (TPSA) is 108 Å². The number of hydrogen-bond acceptors (Lipinski definition) is 5. The van der Waals surface area contributed by atoms with E-state index in [0.717, 1.165) is 34.9 Å². The number of nitrogens with one attached hydrogen (secondary N) is 3. The number of nitrogens with zero attached hydrogens (tertiary/aromatic N) is 1. The molecule has 1 saturated heterocycles. The zero-order valence-electron chi connectivity index (χ0n) is 14.6. The molecule has 0 bridgehead atoms. The lowest BCUT2D eigenvalue weighted by Gasteiger charge is -2.15. The first-order chi connectivity index (χ1) is 12.6. The standard InChI is InChI=1S/C16H18F2N4O4S/c1-16(2)14(25)22(15(26)19-16)6-5-12(23)20-21-13(24)8-27-11-7-9(17)3-4-10(11)18/h3-4,7H,5-6,8H2,1-2H3,(H,19,26)(H,20,23)(H,21,24). The highest BCUT2D eigenvalue weighted by Gasteiger charge is 2.43. The van der Waals surface area contributed by atoms with E-state index < -0.39 is 40.9 Å². The van der Waals surface area contributed by atoms with Gasteiger partial charge in [0.05, 0.1) is 5.75 Å². The molecule has 0 radical (unpaired) electrons. The van der Waals surface area contributed by atoms with Crippen molar-refractivity contribution < 1.29 is 28.0 Å². The first-order valence-corrected chi connectivity index (χ1v) is 8.88. The van der Waals surface area contributed by atoms with Gasteiger partial charge in [0.2, 0.25) is 11.8 Å². The van der Waals surface area contributed by atoms with E-state index in [4.69, 9.17) is 0 Å². The lowest BCUT2D eigenvalue weighted by atomic mass is 10.1. The zero-order chi connectivity index (χ0) is 20.2. The summed E-state index contributed by atoms with van der Waals surface area (Å²) in [5, 5.41) is 2.48. The molecule has 8 nitrogen and oxygen atoms in total. The van der Waals surface area contributed by atoms with E-state index in [2.05, 4.69) is 16.2 Å². The molecule has 0 aromatic heterocycles. The minimum atomic E-state index is -1.02. The summed E-state index contributed by atoms with van der Waals surface area (Å²) < 4.78 is 26.5. The molecule has 2 rings (SSSR count). The molecule has 3 N–H and O–H groups in total. The number of thioether (sulfide) groups is 1. The largest absolute Gasteiger partial charge is 0.325 e. The number of imide groups is 1. The molecule has 1 fully saturated rings. The third kappa shape index (κ3) is 5.39. The van der Waals surface area contributed by atoms with Gasteiger partial charge in [-0.25, -0.2) is 13.6 Å². The Morgan fingerprint density at radius 2 is 1.85 bits per heavy atom. The fourth-order valence-corrected chi connectivity index (χ4v) is 2.96. The van der Waals surface area contributed by atoms with E-state index in [9.17, 15) is 28.0 Å². The van der Waals surface area contributed by atoms with Crippen LogP contribution in [0.1, 0.15) is 20.3 Å². The van der Waals surface area contributed by atoms with Gasteiger partial charge in [0.25, 0.3) is 5.91 Å². The van der Waals surface area contributed by atoms with E-state index in [-0.39, 0.29) is 23.6 Å². The number of amides is 5. The molecule has 0 unspecified atom stereocenters. The van der Waals surface area contributed by atoms with Crippen LogP contribution in [0.15, 0.2) is 23.1 Å². The molecule has 0 saturated carbocycles. The molecular formula is C16H18F2N4O4S. The normalized spacial score (nSPS) is 15.5. The van der Waals surface area contributed by atoms with Gasteiger partial charge in [-0.3, -0.25) is 30.1 Å². The van der Waals surface area contributed by atoms with Gasteiger partial charge in [-0.05, 0) is 32.0 Å². The Kier molecular flexibility index (Phi) is 6.37. The van der Waals surface area contributed by atoms with Gasteiger partial charge in [-0.15, -0.1) is 11.8 Å². The third-order valence-electron chi connectivity index (χ3n) is 3.60. The molecular weight excluding hydrogens is 382 g/mol. The van der Waals surface area contributed by atoms with Gasteiger partial charge in [-0.1, -0.05) is 0 Å². The van der Waals surface area contributed by atoms with E-state index in [1.165, 1.54) is 0 Å². The molecule has 1 heterocycles. The SMILES string of the molecule is CC1(C)NC(=O)N(CCC(=O)NNC(=O)CSc2cc(F)ccc2F)C1=O. The third-order valence-corrected chi connectivity index (χ3v) is 4.63. The second-order valence-electron chi connectivity index (χ2n) is 6.22. The average Bonchev–Trinajstić information content (AvgIpc) is 2.79. The number of hydrazine groups is 1. The monoisotopic (exact) mass is 400 g/mol. The summed E-state index contributed by atoms with van der Waals surface area (Å²) in [6, 6.07) is 2.29. The Labute approximate surface area is 158 Å². The van der Waals surface area contributed by atoms with Crippen molar-refractivity contribution in [2.24, 2.45) is 0 Å². The fraction of sp³-hybridized carbons (Fsp3) is 0.375. The van der Waals surface area contributed by atoms with Gasteiger partial charge < -0.3 is 5.32 Å². The molecule has 27 heavy (non-hydrogen) atoms. The number of hydrogen-bond donors (Lipinski definition) is 3. The summed E-state index contributed by atoms with van der Waals surface area (Å²) in [7, 11) is 0. The number of halogens is 2. The summed E-state index contributed by atoms with van der Waals surface area (Å²) in [4.78, 5) is 48.0. The van der Waals surface area contributed by atoms with Crippen LogP contribution in [-0.4, -0.2) is 46.5 Å². The molecule has 1 aromatic carbocycles. The molecule has 0 atom stereocenters. The van der Waals surface area contributed by atoms with Crippen molar-refractivity contribution >= 4 is 35.5 Å². The van der Waals surface area contributed by atoms with Gasteiger partial charge >= 0.3 is 6.03 Å². The van der Waals surface area contributed by atoms with Crippen molar-refractivity contribution in [2.45, 2.75) is 30.7 Å². The maximum absolute atomic E-state index is 13.4. The molecule has 5 amide bonds. The predicted octanol–water partition coefficient (Wildman–Crippen LogP) is 0.925. The lowest BCUT2D eigenvalue weighted by molar-refractivity contribution is -0.131.